The average molecular weight is 387 g/mol. The van der Waals surface area contributed by atoms with E-state index in [1.807, 2.05) is 36.1 Å². The smallest absolute Gasteiger partial charge is 0.225 e. The fourth-order valence-electron chi connectivity index (χ4n) is 4.05. The number of amides is 1. The minimum absolute atomic E-state index is 0.263. The second kappa shape index (κ2) is 10.3. The number of aliphatic imine (C=N–C) groups is 1. The molecule has 1 aromatic carbocycles. The van der Waals surface area contributed by atoms with Crippen LogP contribution in [0.1, 0.15) is 44.6 Å². The molecule has 1 aromatic rings. The number of carbonyl (C=O) groups is 1. The maximum atomic E-state index is 12.6. The molecule has 2 fully saturated rings. The van der Waals surface area contributed by atoms with E-state index in [0.29, 0.717) is 19.1 Å². The highest BCUT2D eigenvalue weighted by Gasteiger charge is 2.32. The maximum Gasteiger partial charge on any atom is 0.225 e. The quantitative estimate of drug-likeness (QED) is 0.430. The molecule has 1 amide bonds. The Hall–Kier alpha value is -2.24. The number of likely N-dealkylation sites (tertiary alicyclic amines) is 1. The van der Waals surface area contributed by atoms with Crippen LogP contribution in [0.2, 0.25) is 0 Å². The number of benzene rings is 1. The van der Waals surface area contributed by atoms with Gasteiger partial charge in [0.1, 0.15) is 12.4 Å². The Bertz CT molecular complexity index is 670. The fraction of sp³-hybridized carbons (Fsp3) is 0.636. The van der Waals surface area contributed by atoms with Gasteiger partial charge in [0.25, 0.3) is 0 Å². The predicted octanol–water partition coefficient (Wildman–Crippen LogP) is 2.72. The van der Waals surface area contributed by atoms with Gasteiger partial charge in [-0.15, -0.1) is 0 Å². The summed E-state index contributed by atoms with van der Waals surface area (Å²) >= 11 is 0. The Labute approximate surface area is 168 Å². The van der Waals surface area contributed by atoms with E-state index >= 15 is 0 Å². The molecule has 0 radical (unpaired) electrons. The molecule has 154 valence electrons. The number of nitrogens with one attached hydrogen (secondary N) is 2. The van der Waals surface area contributed by atoms with E-state index in [-0.39, 0.29) is 12.0 Å². The lowest BCUT2D eigenvalue weighted by Crippen LogP contribution is -2.45. The molecule has 2 N–H and O–H groups in total. The van der Waals surface area contributed by atoms with Gasteiger partial charge in [0.05, 0.1) is 6.54 Å². The van der Waals surface area contributed by atoms with Crippen molar-refractivity contribution in [1.29, 1.82) is 0 Å². The van der Waals surface area contributed by atoms with Gasteiger partial charge in [-0.05, 0) is 44.7 Å². The highest BCUT2D eigenvalue weighted by atomic mass is 16.5. The summed E-state index contributed by atoms with van der Waals surface area (Å²) in [4.78, 5) is 19.3. The molecule has 1 saturated carbocycles. The molecule has 0 spiro atoms. The molecule has 1 heterocycles. The number of hydrogen-bond acceptors (Lipinski definition) is 3. The van der Waals surface area contributed by atoms with Crippen LogP contribution in [-0.2, 0) is 4.79 Å². The summed E-state index contributed by atoms with van der Waals surface area (Å²) in [6, 6.07) is 8.28. The monoisotopic (exact) mass is 386 g/mol. The molecular formula is C22H34N4O2. The summed E-state index contributed by atoms with van der Waals surface area (Å²) in [5.41, 5.74) is 1.13. The van der Waals surface area contributed by atoms with Crippen molar-refractivity contribution in [3.8, 4) is 5.75 Å². The van der Waals surface area contributed by atoms with E-state index < -0.39 is 0 Å². The standard InChI is InChI=1S/C22H34N4O2/c1-3-23-22(24-13-15-28-20-11-7-4-8-17(20)2)25-19-12-14-26(16-19)21(27)18-9-5-6-10-18/h4,7-8,11,18-19H,3,5-6,9-10,12-16H2,1-2H3,(H2,23,24,25). The largest absolute Gasteiger partial charge is 0.491 e. The van der Waals surface area contributed by atoms with Crippen molar-refractivity contribution in [3.05, 3.63) is 29.8 Å². The Morgan fingerprint density at radius 1 is 1.25 bits per heavy atom. The third-order valence-electron chi connectivity index (χ3n) is 5.60. The van der Waals surface area contributed by atoms with Crippen LogP contribution in [0.4, 0.5) is 0 Å². The maximum absolute atomic E-state index is 12.6. The van der Waals surface area contributed by atoms with Gasteiger partial charge in [0, 0.05) is 31.6 Å². The normalized spacial score (nSPS) is 20.4. The first-order valence-corrected chi connectivity index (χ1v) is 10.7. The average Bonchev–Trinajstić information content (AvgIpc) is 3.38. The van der Waals surface area contributed by atoms with Crippen molar-refractivity contribution in [3.63, 3.8) is 0 Å². The molecule has 3 rings (SSSR count). The molecule has 1 aliphatic carbocycles. The van der Waals surface area contributed by atoms with Gasteiger partial charge in [-0.3, -0.25) is 4.79 Å². The molecule has 6 heteroatoms. The number of carbonyl (C=O) groups excluding carboxylic acids is 1. The lowest BCUT2D eigenvalue weighted by molar-refractivity contribution is -0.134. The third kappa shape index (κ3) is 5.63. The van der Waals surface area contributed by atoms with Gasteiger partial charge in [-0.2, -0.15) is 0 Å². The van der Waals surface area contributed by atoms with Crippen molar-refractivity contribution >= 4 is 11.9 Å². The zero-order valence-electron chi connectivity index (χ0n) is 17.2. The van der Waals surface area contributed by atoms with E-state index in [9.17, 15) is 4.79 Å². The molecule has 1 atom stereocenters. The van der Waals surface area contributed by atoms with Crippen LogP contribution in [0.5, 0.6) is 5.75 Å². The van der Waals surface area contributed by atoms with E-state index in [2.05, 4.69) is 22.5 Å². The summed E-state index contributed by atoms with van der Waals surface area (Å²) in [5, 5.41) is 6.79. The molecule has 1 unspecified atom stereocenters. The molecule has 2 aliphatic rings. The van der Waals surface area contributed by atoms with E-state index in [1.54, 1.807) is 0 Å². The van der Waals surface area contributed by atoms with Crippen LogP contribution in [0, 0.1) is 12.8 Å². The van der Waals surface area contributed by atoms with Crippen molar-refractivity contribution < 1.29 is 9.53 Å². The number of hydrogen-bond donors (Lipinski definition) is 2. The van der Waals surface area contributed by atoms with Gasteiger partial charge in [-0.1, -0.05) is 31.0 Å². The summed E-state index contributed by atoms with van der Waals surface area (Å²) in [6.45, 7) is 7.66. The number of para-hydroxylation sites is 1. The minimum atomic E-state index is 0.263. The van der Waals surface area contributed by atoms with Crippen molar-refractivity contribution in [2.75, 3.05) is 32.8 Å². The lowest BCUT2D eigenvalue weighted by atomic mass is 10.1. The number of ether oxygens (including phenoxy) is 1. The first-order chi connectivity index (χ1) is 13.7. The Balaban J connectivity index is 1.45. The van der Waals surface area contributed by atoms with Crippen LogP contribution in [0.3, 0.4) is 0 Å². The van der Waals surface area contributed by atoms with Gasteiger partial charge < -0.3 is 20.3 Å². The highest BCUT2D eigenvalue weighted by Crippen LogP contribution is 2.27. The first kappa shape index (κ1) is 20.5. The second-order valence-electron chi connectivity index (χ2n) is 7.77. The summed E-state index contributed by atoms with van der Waals surface area (Å²) in [5.74, 6) is 2.33. The summed E-state index contributed by atoms with van der Waals surface area (Å²) in [7, 11) is 0. The molecule has 1 saturated heterocycles. The number of guanidine groups is 1. The number of aryl methyl sites for hydroxylation is 1. The molecule has 6 nitrogen and oxygen atoms in total. The van der Waals surface area contributed by atoms with E-state index in [0.717, 1.165) is 56.2 Å². The van der Waals surface area contributed by atoms with Crippen LogP contribution in [0.25, 0.3) is 0 Å². The SMILES string of the molecule is CCNC(=NCCOc1ccccc1C)NC1CCN(C(=O)C2CCCC2)C1. The number of rotatable bonds is 7. The highest BCUT2D eigenvalue weighted by molar-refractivity contribution is 5.81. The van der Waals surface area contributed by atoms with Gasteiger partial charge in [0.15, 0.2) is 5.96 Å². The van der Waals surface area contributed by atoms with Crippen LogP contribution in [-0.4, -0.2) is 55.6 Å². The van der Waals surface area contributed by atoms with Crippen LogP contribution in [0.15, 0.2) is 29.3 Å². The van der Waals surface area contributed by atoms with Crippen molar-refractivity contribution in [2.24, 2.45) is 10.9 Å². The minimum Gasteiger partial charge on any atom is -0.491 e. The van der Waals surface area contributed by atoms with Gasteiger partial charge >= 0.3 is 0 Å². The lowest BCUT2D eigenvalue weighted by Gasteiger charge is -2.21. The predicted molar refractivity (Wildman–Crippen MR) is 113 cm³/mol. The molecule has 0 bridgehead atoms. The molecule has 1 aliphatic heterocycles. The van der Waals surface area contributed by atoms with Crippen molar-refractivity contribution in [2.45, 2.75) is 52.0 Å². The zero-order valence-corrected chi connectivity index (χ0v) is 17.2. The Morgan fingerprint density at radius 2 is 2.04 bits per heavy atom. The summed E-state index contributed by atoms with van der Waals surface area (Å²) < 4.78 is 5.83. The Morgan fingerprint density at radius 3 is 2.79 bits per heavy atom. The van der Waals surface area contributed by atoms with Gasteiger partial charge in [0.2, 0.25) is 5.91 Å². The van der Waals surface area contributed by atoms with E-state index in [4.69, 9.17) is 4.74 Å². The molecular weight excluding hydrogens is 352 g/mol. The van der Waals surface area contributed by atoms with Crippen molar-refractivity contribution in [1.82, 2.24) is 15.5 Å². The van der Waals surface area contributed by atoms with Crippen LogP contribution < -0.4 is 15.4 Å². The Kier molecular flexibility index (Phi) is 7.57. The van der Waals surface area contributed by atoms with E-state index in [1.165, 1.54) is 12.8 Å². The third-order valence-corrected chi connectivity index (χ3v) is 5.60. The molecule has 0 aromatic heterocycles. The fourth-order valence-corrected chi connectivity index (χ4v) is 4.05. The van der Waals surface area contributed by atoms with Gasteiger partial charge in [-0.25, -0.2) is 4.99 Å². The van der Waals surface area contributed by atoms with Crippen LogP contribution >= 0.6 is 0 Å². The topological polar surface area (TPSA) is 66.0 Å². The number of nitrogens with zero attached hydrogens (tertiary/aromatic N) is 2. The zero-order chi connectivity index (χ0) is 19.8. The summed E-state index contributed by atoms with van der Waals surface area (Å²) in [6.07, 6.45) is 5.51. The molecule has 28 heavy (non-hydrogen) atoms. The first-order valence-electron chi connectivity index (χ1n) is 10.7. The second-order valence-corrected chi connectivity index (χ2v) is 7.77.